The lowest BCUT2D eigenvalue weighted by Crippen LogP contribution is -2.18. The molecule has 0 spiro atoms. The first-order chi connectivity index (χ1) is 9.19. The maximum absolute atomic E-state index is 5.89. The van der Waals surface area contributed by atoms with Crippen LogP contribution in [-0.2, 0) is 11.2 Å². The number of ether oxygens (including phenoxy) is 1. The third kappa shape index (κ3) is 4.12. The zero-order chi connectivity index (χ0) is 13.7. The summed E-state index contributed by atoms with van der Waals surface area (Å²) in [6.07, 6.45) is 0.591. The number of aromatic nitrogens is 2. The van der Waals surface area contributed by atoms with Crippen LogP contribution in [0.1, 0.15) is 30.2 Å². The molecule has 0 amide bonds. The Hall–Kier alpha value is -1.24. The zero-order valence-corrected chi connectivity index (χ0v) is 12.3. The van der Waals surface area contributed by atoms with Crippen LogP contribution in [0.15, 0.2) is 33.3 Å². The minimum Gasteiger partial charge on any atom is -0.380 e. The van der Waals surface area contributed by atoms with Crippen molar-refractivity contribution in [1.82, 2.24) is 10.1 Å². The summed E-state index contributed by atoms with van der Waals surface area (Å²) < 4.78 is 11.5. The van der Waals surface area contributed by atoms with Crippen LogP contribution in [0.25, 0.3) is 0 Å². The van der Waals surface area contributed by atoms with Crippen LogP contribution in [0.3, 0.4) is 0 Å². The second kappa shape index (κ2) is 6.79. The normalized spacial score (nSPS) is 12.6. The van der Waals surface area contributed by atoms with Gasteiger partial charge in [0, 0.05) is 11.1 Å². The molecule has 1 atom stereocenters. The molecule has 0 aliphatic heterocycles. The third-order valence-corrected chi connectivity index (χ3v) is 3.05. The van der Waals surface area contributed by atoms with Gasteiger partial charge in [-0.3, -0.25) is 0 Å². The van der Waals surface area contributed by atoms with Crippen LogP contribution in [0.5, 0.6) is 0 Å². The Morgan fingerprint density at radius 2 is 2.32 bits per heavy atom. The number of rotatable bonds is 6. The van der Waals surface area contributed by atoms with E-state index in [1.54, 1.807) is 0 Å². The van der Waals surface area contributed by atoms with Gasteiger partial charge in [0.05, 0.1) is 19.1 Å². The quantitative estimate of drug-likeness (QED) is 0.883. The lowest BCUT2D eigenvalue weighted by Gasteiger charge is -2.05. The molecule has 1 unspecified atom stereocenters. The van der Waals surface area contributed by atoms with Crippen molar-refractivity contribution in [1.29, 1.82) is 0 Å². The molecule has 0 saturated carbocycles. The number of hydrogen-bond donors (Lipinski definition) is 1. The number of benzene rings is 1. The van der Waals surface area contributed by atoms with Gasteiger partial charge in [-0.15, -0.1) is 0 Å². The highest BCUT2D eigenvalue weighted by Crippen LogP contribution is 2.15. The van der Waals surface area contributed by atoms with Crippen molar-refractivity contribution in [3.05, 3.63) is 46.0 Å². The minimum atomic E-state index is -0.347. The minimum absolute atomic E-state index is 0.347. The van der Waals surface area contributed by atoms with Gasteiger partial charge in [0.15, 0.2) is 5.82 Å². The predicted octanol–water partition coefficient (Wildman–Crippen LogP) is 2.46. The summed E-state index contributed by atoms with van der Waals surface area (Å²) in [5.74, 6) is 1.04. The summed E-state index contributed by atoms with van der Waals surface area (Å²) in [5.41, 5.74) is 6.99. The number of halogens is 1. The average molecular weight is 326 g/mol. The molecule has 1 aromatic heterocycles. The van der Waals surface area contributed by atoms with Gasteiger partial charge in [0.2, 0.25) is 5.89 Å². The highest BCUT2D eigenvalue weighted by atomic mass is 79.9. The molecule has 2 rings (SSSR count). The second-order valence-electron chi connectivity index (χ2n) is 4.12. The molecule has 0 fully saturated rings. The maximum atomic E-state index is 5.89. The van der Waals surface area contributed by atoms with Crippen LogP contribution < -0.4 is 5.73 Å². The van der Waals surface area contributed by atoms with Crippen LogP contribution in [-0.4, -0.2) is 23.4 Å². The summed E-state index contributed by atoms with van der Waals surface area (Å²) in [6, 6.07) is 7.62. The summed E-state index contributed by atoms with van der Waals surface area (Å²) in [5, 5.41) is 3.88. The van der Waals surface area contributed by atoms with E-state index in [1.807, 2.05) is 31.2 Å². The Morgan fingerprint density at radius 1 is 1.47 bits per heavy atom. The molecule has 5 nitrogen and oxygen atoms in total. The third-order valence-electron chi connectivity index (χ3n) is 2.56. The SMILES string of the molecule is CCOCC(N)c1noc(Cc2cccc(Br)c2)n1. The van der Waals surface area contributed by atoms with Crippen molar-refractivity contribution in [2.75, 3.05) is 13.2 Å². The van der Waals surface area contributed by atoms with Gasteiger partial charge in [-0.1, -0.05) is 33.2 Å². The molecule has 1 heterocycles. The molecule has 1 aromatic carbocycles. The lowest BCUT2D eigenvalue weighted by atomic mass is 10.1. The summed E-state index contributed by atoms with van der Waals surface area (Å²) in [7, 11) is 0. The van der Waals surface area contributed by atoms with Crippen molar-refractivity contribution in [2.45, 2.75) is 19.4 Å². The molecule has 102 valence electrons. The average Bonchev–Trinajstić information content (AvgIpc) is 2.84. The Morgan fingerprint density at radius 3 is 3.05 bits per heavy atom. The number of nitrogens with zero attached hydrogens (tertiary/aromatic N) is 2. The molecule has 2 N–H and O–H groups in total. The first-order valence-corrected chi connectivity index (χ1v) is 6.88. The highest BCUT2D eigenvalue weighted by Gasteiger charge is 2.14. The molecule has 0 radical (unpaired) electrons. The van der Waals surface area contributed by atoms with Crippen LogP contribution in [0, 0.1) is 0 Å². The molecule has 6 heteroatoms. The predicted molar refractivity (Wildman–Crippen MR) is 74.7 cm³/mol. The van der Waals surface area contributed by atoms with Crippen LogP contribution in [0.2, 0.25) is 0 Å². The van der Waals surface area contributed by atoms with Crippen molar-refractivity contribution in [2.24, 2.45) is 5.73 Å². The topological polar surface area (TPSA) is 74.2 Å². The van der Waals surface area contributed by atoms with Gasteiger partial charge in [-0.25, -0.2) is 0 Å². The molecular weight excluding hydrogens is 310 g/mol. The molecule has 0 saturated heterocycles. The van der Waals surface area contributed by atoms with Crippen LogP contribution >= 0.6 is 15.9 Å². The monoisotopic (exact) mass is 325 g/mol. The van der Waals surface area contributed by atoms with E-state index in [0.717, 1.165) is 10.0 Å². The highest BCUT2D eigenvalue weighted by molar-refractivity contribution is 9.10. The maximum Gasteiger partial charge on any atom is 0.231 e. The van der Waals surface area contributed by atoms with Gasteiger partial charge in [0.1, 0.15) is 0 Å². The fourth-order valence-corrected chi connectivity index (χ4v) is 2.08. The Balaban J connectivity index is 2.01. The lowest BCUT2D eigenvalue weighted by molar-refractivity contribution is 0.130. The van der Waals surface area contributed by atoms with Crippen LogP contribution in [0.4, 0.5) is 0 Å². The van der Waals surface area contributed by atoms with E-state index in [-0.39, 0.29) is 6.04 Å². The van der Waals surface area contributed by atoms with E-state index in [4.69, 9.17) is 15.0 Å². The molecule has 0 bridgehead atoms. The number of nitrogens with two attached hydrogens (primary N) is 1. The first-order valence-electron chi connectivity index (χ1n) is 6.09. The molecule has 0 aliphatic carbocycles. The molecule has 0 aliphatic rings. The summed E-state index contributed by atoms with van der Waals surface area (Å²) >= 11 is 3.43. The van der Waals surface area contributed by atoms with Gasteiger partial charge in [-0.05, 0) is 24.6 Å². The molecule has 2 aromatic rings. The standard InChI is InChI=1S/C13H16BrN3O2/c1-2-18-8-11(15)13-16-12(19-17-13)7-9-4-3-5-10(14)6-9/h3-6,11H,2,7-8,15H2,1H3. The Labute approximate surface area is 120 Å². The summed E-state index contributed by atoms with van der Waals surface area (Å²) in [4.78, 5) is 4.29. The fraction of sp³-hybridized carbons (Fsp3) is 0.385. The van der Waals surface area contributed by atoms with E-state index in [2.05, 4.69) is 26.1 Å². The fourth-order valence-electron chi connectivity index (χ4n) is 1.63. The Kier molecular flexibility index (Phi) is 5.07. The first kappa shape index (κ1) is 14.2. The van der Waals surface area contributed by atoms with E-state index >= 15 is 0 Å². The largest absolute Gasteiger partial charge is 0.380 e. The van der Waals surface area contributed by atoms with Gasteiger partial charge in [-0.2, -0.15) is 4.98 Å². The molecular formula is C13H16BrN3O2. The smallest absolute Gasteiger partial charge is 0.231 e. The summed E-state index contributed by atoms with van der Waals surface area (Å²) in [6.45, 7) is 2.93. The van der Waals surface area contributed by atoms with E-state index in [1.165, 1.54) is 0 Å². The van der Waals surface area contributed by atoms with E-state index < -0.39 is 0 Å². The van der Waals surface area contributed by atoms with Gasteiger partial charge >= 0.3 is 0 Å². The molecule has 19 heavy (non-hydrogen) atoms. The zero-order valence-electron chi connectivity index (χ0n) is 10.7. The number of hydrogen-bond acceptors (Lipinski definition) is 5. The van der Waals surface area contributed by atoms with Gasteiger partial charge < -0.3 is 15.0 Å². The van der Waals surface area contributed by atoms with Gasteiger partial charge in [0.25, 0.3) is 0 Å². The van der Waals surface area contributed by atoms with Crippen molar-refractivity contribution < 1.29 is 9.26 Å². The van der Waals surface area contributed by atoms with Crippen molar-refractivity contribution >= 4 is 15.9 Å². The second-order valence-corrected chi connectivity index (χ2v) is 5.03. The van der Waals surface area contributed by atoms with E-state index in [0.29, 0.717) is 31.3 Å². The Bertz CT molecular complexity index is 530. The van der Waals surface area contributed by atoms with Crippen molar-refractivity contribution in [3.63, 3.8) is 0 Å². The van der Waals surface area contributed by atoms with Crippen molar-refractivity contribution in [3.8, 4) is 0 Å². The van der Waals surface area contributed by atoms with E-state index in [9.17, 15) is 0 Å².